The Bertz CT molecular complexity index is 1080. The lowest BCUT2D eigenvalue weighted by Gasteiger charge is -2.14. The predicted octanol–water partition coefficient (Wildman–Crippen LogP) is 2.19. The van der Waals surface area contributed by atoms with Crippen LogP contribution >= 0.6 is 0 Å². The van der Waals surface area contributed by atoms with Gasteiger partial charge >= 0.3 is 5.69 Å². The maximum Gasteiger partial charge on any atom is 0.330 e. The second kappa shape index (κ2) is 6.29. The Morgan fingerprint density at radius 1 is 1.12 bits per heavy atom. The van der Waals surface area contributed by atoms with Crippen LogP contribution in [0.1, 0.15) is 18.4 Å². The summed E-state index contributed by atoms with van der Waals surface area (Å²) in [5.74, 6) is 0. The van der Waals surface area contributed by atoms with Crippen molar-refractivity contribution < 1.29 is 4.74 Å². The molecule has 3 aromatic rings. The number of hydrogen-bond donors (Lipinski definition) is 0. The first-order chi connectivity index (χ1) is 12.5. The summed E-state index contributed by atoms with van der Waals surface area (Å²) in [5, 5.41) is 0.580. The Morgan fingerprint density at radius 3 is 2.50 bits per heavy atom. The minimum atomic E-state index is -0.313. The van der Waals surface area contributed by atoms with Gasteiger partial charge in [0.15, 0.2) is 0 Å². The Morgan fingerprint density at radius 2 is 1.85 bits per heavy atom. The number of aromatic nitrogens is 3. The summed E-state index contributed by atoms with van der Waals surface area (Å²) in [6.07, 6.45) is 4.13. The van der Waals surface area contributed by atoms with E-state index in [4.69, 9.17) is 4.74 Å². The summed E-state index contributed by atoms with van der Waals surface area (Å²) in [4.78, 5) is 25.3. The molecular formula is C20H23N3O3. The zero-order valence-corrected chi connectivity index (χ0v) is 15.4. The van der Waals surface area contributed by atoms with Gasteiger partial charge in [-0.3, -0.25) is 13.9 Å². The highest BCUT2D eigenvalue weighted by molar-refractivity contribution is 5.93. The molecule has 136 valence electrons. The van der Waals surface area contributed by atoms with Crippen molar-refractivity contribution in [3.63, 3.8) is 0 Å². The number of rotatable bonds is 3. The maximum absolute atomic E-state index is 12.9. The Kier molecular flexibility index (Phi) is 4.07. The van der Waals surface area contributed by atoms with Gasteiger partial charge in [-0.15, -0.1) is 0 Å². The van der Waals surface area contributed by atoms with Crippen LogP contribution in [0.5, 0.6) is 0 Å². The second-order valence-corrected chi connectivity index (χ2v) is 7.10. The quantitative estimate of drug-likeness (QED) is 0.725. The Balaban J connectivity index is 2.02. The molecule has 0 unspecified atom stereocenters. The van der Waals surface area contributed by atoms with Crippen LogP contribution in [0.3, 0.4) is 0 Å². The molecule has 0 spiro atoms. The van der Waals surface area contributed by atoms with Crippen molar-refractivity contribution in [1.82, 2.24) is 13.7 Å². The van der Waals surface area contributed by atoms with Crippen LogP contribution in [0.25, 0.3) is 22.2 Å². The minimum Gasteiger partial charge on any atom is -0.376 e. The van der Waals surface area contributed by atoms with Crippen LogP contribution in [0, 0.1) is 6.92 Å². The van der Waals surface area contributed by atoms with E-state index in [9.17, 15) is 9.59 Å². The highest BCUT2D eigenvalue weighted by atomic mass is 16.5. The molecule has 0 saturated carbocycles. The van der Waals surface area contributed by atoms with Crippen LogP contribution in [0.15, 0.2) is 40.1 Å². The molecule has 1 aromatic carbocycles. The highest BCUT2D eigenvalue weighted by Crippen LogP contribution is 2.29. The molecule has 0 N–H and O–H groups in total. The molecule has 1 aliphatic rings. The fraction of sp³-hybridized carbons (Fsp3) is 0.400. The molecular weight excluding hydrogens is 330 g/mol. The van der Waals surface area contributed by atoms with Gasteiger partial charge in [0.2, 0.25) is 0 Å². The maximum atomic E-state index is 12.9. The normalized spacial score (nSPS) is 17.3. The monoisotopic (exact) mass is 353 g/mol. The molecule has 0 bridgehead atoms. The van der Waals surface area contributed by atoms with Crippen molar-refractivity contribution in [2.24, 2.45) is 14.1 Å². The SMILES string of the molecule is Cc1ccc(-c2c3c(=O)n(C)c(=O)n(C)c3cn2C[C@H]2CCCO2)cc1. The molecule has 0 amide bonds. The number of nitrogens with zero attached hydrogens (tertiary/aromatic N) is 3. The average Bonchev–Trinajstić information content (AvgIpc) is 3.27. The fourth-order valence-electron chi connectivity index (χ4n) is 3.76. The standard InChI is InChI=1S/C20H23N3O3/c1-13-6-8-14(9-7-13)18-17-16(21(2)20(25)22(3)19(17)24)12-23(18)11-15-5-4-10-26-15/h6-9,12,15H,4-5,10-11H2,1-3H3/t15-/m1/s1. The lowest BCUT2D eigenvalue weighted by molar-refractivity contribution is 0.0975. The van der Waals surface area contributed by atoms with Crippen molar-refractivity contribution in [2.75, 3.05) is 6.61 Å². The van der Waals surface area contributed by atoms with E-state index in [2.05, 4.69) is 4.57 Å². The molecule has 26 heavy (non-hydrogen) atoms. The van der Waals surface area contributed by atoms with E-state index in [-0.39, 0.29) is 17.4 Å². The van der Waals surface area contributed by atoms with E-state index in [1.165, 1.54) is 11.6 Å². The molecule has 3 heterocycles. The van der Waals surface area contributed by atoms with Gasteiger partial charge in [0.05, 0.1) is 22.7 Å². The largest absolute Gasteiger partial charge is 0.376 e. The molecule has 0 aliphatic carbocycles. The zero-order chi connectivity index (χ0) is 18.4. The number of ether oxygens (including phenoxy) is 1. The topological polar surface area (TPSA) is 58.2 Å². The van der Waals surface area contributed by atoms with Gasteiger partial charge in [-0.25, -0.2) is 4.79 Å². The lowest BCUT2D eigenvalue weighted by Crippen LogP contribution is -2.36. The first-order valence-electron chi connectivity index (χ1n) is 8.95. The van der Waals surface area contributed by atoms with Crippen LogP contribution in [0.2, 0.25) is 0 Å². The third-order valence-corrected chi connectivity index (χ3v) is 5.26. The summed E-state index contributed by atoms with van der Waals surface area (Å²) >= 11 is 0. The smallest absolute Gasteiger partial charge is 0.330 e. The van der Waals surface area contributed by atoms with E-state index in [0.717, 1.165) is 36.3 Å². The number of fused-ring (bicyclic) bond motifs is 1. The van der Waals surface area contributed by atoms with Gasteiger partial charge in [0.25, 0.3) is 5.56 Å². The first-order valence-corrected chi connectivity index (χ1v) is 8.95. The van der Waals surface area contributed by atoms with Gasteiger partial charge in [-0.05, 0) is 25.3 Å². The average molecular weight is 353 g/mol. The van der Waals surface area contributed by atoms with Gasteiger partial charge in [0.1, 0.15) is 0 Å². The minimum absolute atomic E-state index is 0.141. The number of hydrogen-bond acceptors (Lipinski definition) is 3. The summed E-state index contributed by atoms with van der Waals surface area (Å²) < 4.78 is 10.6. The van der Waals surface area contributed by atoms with Crippen LogP contribution in [-0.4, -0.2) is 26.4 Å². The molecule has 1 fully saturated rings. The van der Waals surface area contributed by atoms with Crippen molar-refractivity contribution in [3.8, 4) is 11.3 Å². The third kappa shape index (κ3) is 2.61. The number of benzene rings is 1. The third-order valence-electron chi connectivity index (χ3n) is 5.26. The highest BCUT2D eigenvalue weighted by Gasteiger charge is 2.22. The molecule has 6 nitrogen and oxygen atoms in total. The van der Waals surface area contributed by atoms with Gasteiger partial charge in [0, 0.05) is 33.4 Å². The van der Waals surface area contributed by atoms with Crippen LogP contribution in [-0.2, 0) is 25.4 Å². The molecule has 6 heteroatoms. The Labute approximate surface area is 151 Å². The molecule has 1 atom stereocenters. The van der Waals surface area contributed by atoms with E-state index < -0.39 is 0 Å². The molecule has 1 saturated heterocycles. The van der Waals surface area contributed by atoms with Crippen LogP contribution < -0.4 is 11.2 Å². The van der Waals surface area contributed by atoms with Crippen molar-refractivity contribution >= 4 is 10.9 Å². The summed E-state index contributed by atoms with van der Waals surface area (Å²) in [7, 11) is 3.24. The molecule has 4 rings (SSSR count). The van der Waals surface area contributed by atoms with E-state index in [1.807, 2.05) is 37.4 Å². The number of aryl methyl sites for hydroxylation is 2. The summed E-state index contributed by atoms with van der Waals surface area (Å²) in [6.45, 7) is 3.50. The van der Waals surface area contributed by atoms with Crippen LogP contribution in [0.4, 0.5) is 0 Å². The first kappa shape index (κ1) is 16.8. The summed E-state index contributed by atoms with van der Waals surface area (Å²) in [6, 6.07) is 8.13. The van der Waals surface area contributed by atoms with Crippen molar-refractivity contribution in [1.29, 1.82) is 0 Å². The van der Waals surface area contributed by atoms with Gasteiger partial charge in [-0.1, -0.05) is 29.8 Å². The van der Waals surface area contributed by atoms with Gasteiger partial charge < -0.3 is 9.30 Å². The summed E-state index contributed by atoms with van der Waals surface area (Å²) in [5.41, 5.74) is 3.07. The van der Waals surface area contributed by atoms with E-state index >= 15 is 0 Å². The molecule has 0 radical (unpaired) electrons. The van der Waals surface area contributed by atoms with Crippen molar-refractivity contribution in [2.45, 2.75) is 32.4 Å². The predicted molar refractivity (Wildman–Crippen MR) is 102 cm³/mol. The van der Waals surface area contributed by atoms with E-state index in [0.29, 0.717) is 17.4 Å². The second-order valence-electron chi connectivity index (χ2n) is 7.10. The Hall–Kier alpha value is -2.60. The van der Waals surface area contributed by atoms with E-state index in [1.54, 1.807) is 11.6 Å². The fourth-order valence-corrected chi connectivity index (χ4v) is 3.76. The zero-order valence-electron chi connectivity index (χ0n) is 15.4. The lowest BCUT2D eigenvalue weighted by atomic mass is 10.1. The molecule has 2 aromatic heterocycles. The molecule has 1 aliphatic heterocycles. The van der Waals surface area contributed by atoms with Crippen molar-refractivity contribution in [3.05, 3.63) is 56.9 Å². The van der Waals surface area contributed by atoms with Gasteiger partial charge in [-0.2, -0.15) is 0 Å².